The van der Waals surface area contributed by atoms with Gasteiger partial charge in [-0.2, -0.15) is 13.2 Å². The van der Waals surface area contributed by atoms with Crippen molar-refractivity contribution in [1.29, 1.82) is 0 Å². The quantitative estimate of drug-likeness (QED) is 0.658. The Hall–Kier alpha value is -2.26. The topological polar surface area (TPSA) is 54.3 Å². The summed E-state index contributed by atoms with van der Waals surface area (Å²) in [5.41, 5.74) is -2.90. The van der Waals surface area contributed by atoms with Crippen LogP contribution in [0.15, 0.2) is 52.3 Å². The molecule has 172 valence electrons. The molecule has 0 radical (unpaired) electrons. The molecule has 1 unspecified atom stereocenters. The molecule has 1 saturated carbocycles. The lowest BCUT2D eigenvalue weighted by atomic mass is 9.80. The number of aromatic nitrogens is 1. The number of benzene rings is 1. The number of hydrogen-bond donors (Lipinski definition) is 1. The Kier molecular flexibility index (Phi) is 6.67. The molecular weight excluding hydrogens is 439 g/mol. The van der Waals surface area contributed by atoms with Gasteiger partial charge >= 0.3 is 5.51 Å². The summed E-state index contributed by atoms with van der Waals surface area (Å²) < 4.78 is 39.8. The minimum absolute atomic E-state index is 0.000690. The first-order chi connectivity index (χ1) is 15.2. The molecule has 1 aromatic carbocycles. The summed E-state index contributed by atoms with van der Waals surface area (Å²) in [6.45, 7) is 1.57. The van der Waals surface area contributed by atoms with E-state index in [0.29, 0.717) is 12.1 Å². The summed E-state index contributed by atoms with van der Waals surface area (Å²) in [6, 6.07) is 9.93. The number of rotatable bonds is 6. The number of amides is 1. The highest BCUT2D eigenvalue weighted by molar-refractivity contribution is 8.00. The third kappa shape index (κ3) is 5.56. The zero-order chi connectivity index (χ0) is 22.9. The Morgan fingerprint density at radius 3 is 2.69 bits per heavy atom. The van der Waals surface area contributed by atoms with E-state index in [2.05, 4.69) is 5.32 Å². The second kappa shape index (κ2) is 9.31. The van der Waals surface area contributed by atoms with Crippen LogP contribution in [0.25, 0.3) is 0 Å². The SMILES string of the molecule is Cn1ccc(C2CCNC[C@@H]2C(=O)N(Cc2cccc(SC(F)(F)F)c2)C2CC2)cc1=O. The molecule has 0 bridgehead atoms. The van der Waals surface area contributed by atoms with Crippen molar-refractivity contribution in [2.75, 3.05) is 13.1 Å². The molecule has 32 heavy (non-hydrogen) atoms. The Bertz CT molecular complexity index is 1040. The van der Waals surface area contributed by atoms with Gasteiger partial charge in [0.05, 0.1) is 5.92 Å². The molecule has 4 rings (SSSR count). The van der Waals surface area contributed by atoms with Gasteiger partial charge in [0.15, 0.2) is 0 Å². The van der Waals surface area contributed by atoms with E-state index in [1.165, 1.54) is 16.7 Å². The molecule has 2 fully saturated rings. The van der Waals surface area contributed by atoms with Gasteiger partial charge in [-0.05, 0) is 72.8 Å². The monoisotopic (exact) mass is 465 g/mol. The fourth-order valence-corrected chi connectivity index (χ4v) is 4.96. The number of hydrogen-bond acceptors (Lipinski definition) is 4. The van der Waals surface area contributed by atoms with Gasteiger partial charge in [0.25, 0.3) is 5.56 Å². The Labute approximate surface area is 189 Å². The number of thioether (sulfide) groups is 1. The normalized spacial score (nSPS) is 21.4. The van der Waals surface area contributed by atoms with Crippen molar-refractivity contribution < 1.29 is 18.0 Å². The Morgan fingerprint density at radius 1 is 1.22 bits per heavy atom. The van der Waals surface area contributed by atoms with Crippen molar-refractivity contribution in [1.82, 2.24) is 14.8 Å². The van der Waals surface area contributed by atoms with Crippen LogP contribution in [0.4, 0.5) is 13.2 Å². The molecule has 1 aliphatic carbocycles. The first-order valence-corrected chi connectivity index (χ1v) is 11.6. The van der Waals surface area contributed by atoms with E-state index in [1.54, 1.807) is 31.4 Å². The van der Waals surface area contributed by atoms with Gasteiger partial charge in [-0.25, -0.2) is 0 Å². The van der Waals surface area contributed by atoms with E-state index in [0.717, 1.165) is 31.4 Å². The van der Waals surface area contributed by atoms with Gasteiger partial charge in [0, 0.05) is 43.3 Å². The number of nitrogens with zero attached hydrogens (tertiary/aromatic N) is 2. The maximum atomic E-state index is 13.7. The zero-order valence-corrected chi connectivity index (χ0v) is 18.6. The summed E-state index contributed by atoms with van der Waals surface area (Å²) in [7, 11) is 1.69. The van der Waals surface area contributed by atoms with Crippen LogP contribution in [0.5, 0.6) is 0 Å². The van der Waals surface area contributed by atoms with E-state index < -0.39 is 5.51 Å². The number of carbonyl (C=O) groups excluding carboxylic acids is 1. The van der Waals surface area contributed by atoms with Gasteiger partial charge in [0.2, 0.25) is 5.91 Å². The molecule has 2 atom stereocenters. The molecule has 0 spiro atoms. The number of piperidine rings is 1. The molecule has 9 heteroatoms. The van der Waals surface area contributed by atoms with Crippen LogP contribution in [0.2, 0.25) is 0 Å². The van der Waals surface area contributed by atoms with Crippen LogP contribution in [-0.4, -0.2) is 40.0 Å². The maximum absolute atomic E-state index is 13.7. The van der Waals surface area contributed by atoms with Crippen LogP contribution in [0, 0.1) is 5.92 Å². The van der Waals surface area contributed by atoms with E-state index in [-0.39, 0.29) is 52.5 Å². The molecule has 5 nitrogen and oxygen atoms in total. The van der Waals surface area contributed by atoms with Crippen LogP contribution in [0.1, 0.15) is 36.3 Å². The van der Waals surface area contributed by atoms with Crippen LogP contribution in [-0.2, 0) is 18.4 Å². The second-order valence-corrected chi connectivity index (χ2v) is 9.65. The van der Waals surface area contributed by atoms with Gasteiger partial charge in [-0.15, -0.1) is 0 Å². The zero-order valence-electron chi connectivity index (χ0n) is 17.8. The first kappa shape index (κ1) is 22.9. The maximum Gasteiger partial charge on any atom is 0.446 e. The highest BCUT2D eigenvalue weighted by Gasteiger charge is 2.40. The van der Waals surface area contributed by atoms with Gasteiger partial charge in [0.1, 0.15) is 0 Å². The minimum atomic E-state index is -4.35. The van der Waals surface area contributed by atoms with Crippen molar-refractivity contribution in [3.05, 3.63) is 64.1 Å². The van der Waals surface area contributed by atoms with E-state index in [4.69, 9.17) is 0 Å². The highest BCUT2D eigenvalue weighted by atomic mass is 32.2. The highest BCUT2D eigenvalue weighted by Crippen LogP contribution is 2.38. The average molecular weight is 466 g/mol. The van der Waals surface area contributed by atoms with Crippen molar-refractivity contribution in [2.45, 2.75) is 48.2 Å². The van der Waals surface area contributed by atoms with Crippen molar-refractivity contribution in [3.63, 3.8) is 0 Å². The van der Waals surface area contributed by atoms with Crippen LogP contribution in [0.3, 0.4) is 0 Å². The standard InChI is InChI=1S/C23H26F3N3O2S/c1-28-10-8-16(12-21(28)30)19-7-9-27-13-20(19)22(31)29(17-5-6-17)14-15-3-2-4-18(11-15)32-23(24,25)26/h2-4,8,10-12,17,19-20,27H,5-7,9,13-14H2,1H3/t19?,20-/m0/s1. The summed E-state index contributed by atoms with van der Waals surface area (Å²) in [6.07, 6.45) is 4.28. The summed E-state index contributed by atoms with van der Waals surface area (Å²) in [5, 5.41) is 3.30. The average Bonchev–Trinajstić information content (AvgIpc) is 3.58. The van der Waals surface area contributed by atoms with Crippen molar-refractivity contribution in [3.8, 4) is 0 Å². The number of halogens is 3. The predicted molar refractivity (Wildman–Crippen MR) is 117 cm³/mol. The number of carbonyl (C=O) groups is 1. The smallest absolute Gasteiger partial charge is 0.335 e. The van der Waals surface area contributed by atoms with Gasteiger partial charge < -0.3 is 14.8 Å². The summed E-state index contributed by atoms with van der Waals surface area (Å²) >= 11 is -0.142. The molecule has 2 heterocycles. The summed E-state index contributed by atoms with van der Waals surface area (Å²) in [5.74, 6) is -0.380. The molecule has 1 aliphatic heterocycles. The predicted octanol–water partition coefficient (Wildman–Crippen LogP) is 3.88. The first-order valence-electron chi connectivity index (χ1n) is 10.7. The third-order valence-electron chi connectivity index (χ3n) is 6.11. The lowest BCUT2D eigenvalue weighted by Crippen LogP contribution is -2.47. The number of alkyl halides is 3. The molecule has 1 amide bonds. The lowest BCUT2D eigenvalue weighted by Gasteiger charge is -2.35. The van der Waals surface area contributed by atoms with Crippen LogP contribution < -0.4 is 10.9 Å². The Balaban J connectivity index is 1.55. The van der Waals surface area contributed by atoms with Gasteiger partial charge in [-0.1, -0.05) is 12.1 Å². The summed E-state index contributed by atoms with van der Waals surface area (Å²) in [4.78, 5) is 27.7. The minimum Gasteiger partial charge on any atom is -0.335 e. The van der Waals surface area contributed by atoms with Crippen molar-refractivity contribution in [2.24, 2.45) is 13.0 Å². The number of aryl methyl sites for hydroxylation is 1. The van der Waals surface area contributed by atoms with E-state index >= 15 is 0 Å². The lowest BCUT2D eigenvalue weighted by molar-refractivity contribution is -0.138. The molecule has 2 aromatic rings. The van der Waals surface area contributed by atoms with Crippen molar-refractivity contribution >= 4 is 17.7 Å². The van der Waals surface area contributed by atoms with E-state index in [1.807, 2.05) is 11.0 Å². The molecule has 1 saturated heterocycles. The second-order valence-electron chi connectivity index (χ2n) is 8.51. The molecule has 1 aromatic heterocycles. The van der Waals surface area contributed by atoms with Crippen LogP contribution >= 0.6 is 11.8 Å². The Morgan fingerprint density at radius 2 is 2.00 bits per heavy atom. The number of pyridine rings is 1. The molecule has 1 N–H and O–H groups in total. The third-order valence-corrected chi connectivity index (χ3v) is 6.83. The largest absolute Gasteiger partial charge is 0.446 e. The fourth-order valence-electron chi connectivity index (χ4n) is 4.34. The van der Waals surface area contributed by atoms with E-state index in [9.17, 15) is 22.8 Å². The fraction of sp³-hybridized carbons (Fsp3) is 0.478. The molecule has 2 aliphatic rings. The molecular formula is C23H26F3N3O2S. The number of nitrogens with one attached hydrogen (secondary N) is 1. The van der Waals surface area contributed by atoms with Gasteiger partial charge in [-0.3, -0.25) is 9.59 Å².